The largest absolute Gasteiger partial charge is 0.354 e. The maximum atomic E-state index is 12.6. The smallest absolute Gasteiger partial charge is 0.234 e. The van der Waals surface area contributed by atoms with Crippen LogP contribution >= 0.6 is 0 Å². The number of piperazine rings is 1. The molecular weight excluding hydrogens is 400 g/mol. The van der Waals surface area contributed by atoms with Crippen LogP contribution in [-0.4, -0.2) is 58.3 Å². The summed E-state index contributed by atoms with van der Waals surface area (Å²) in [5.41, 5.74) is 3.10. The van der Waals surface area contributed by atoms with Gasteiger partial charge < -0.3 is 10.2 Å². The van der Waals surface area contributed by atoms with Gasteiger partial charge in [-0.2, -0.15) is 5.10 Å². The van der Waals surface area contributed by atoms with E-state index in [9.17, 15) is 4.79 Å². The Balaban J connectivity index is 1.30. The Kier molecular flexibility index (Phi) is 7.17. The minimum Gasteiger partial charge on any atom is -0.354 e. The summed E-state index contributed by atoms with van der Waals surface area (Å²) in [4.78, 5) is 21.4. The zero-order chi connectivity index (χ0) is 22.3. The summed E-state index contributed by atoms with van der Waals surface area (Å²) in [5, 5.41) is 7.82. The number of benzene rings is 1. The molecule has 7 nitrogen and oxygen atoms in total. The van der Waals surface area contributed by atoms with E-state index >= 15 is 0 Å². The molecule has 3 aromatic rings. The van der Waals surface area contributed by atoms with Gasteiger partial charge in [0.2, 0.25) is 5.91 Å². The Morgan fingerprint density at radius 1 is 1.03 bits per heavy atom. The predicted molar refractivity (Wildman–Crippen MR) is 127 cm³/mol. The third-order valence-corrected chi connectivity index (χ3v) is 5.63. The average molecular weight is 433 g/mol. The number of hydrogen-bond donors (Lipinski definition) is 1. The number of carbonyl (C=O) groups excluding carboxylic acids is 1. The zero-order valence-corrected chi connectivity index (χ0v) is 18.9. The van der Waals surface area contributed by atoms with Crippen LogP contribution in [0.5, 0.6) is 0 Å². The molecule has 168 valence electrons. The molecule has 7 heteroatoms. The van der Waals surface area contributed by atoms with Gasteiger partial charge in [-0.15, -0.1) is 0 Å². The molecule has 0 bridgehead atoms. The van der Waals surface area contributed by atoms with Crippen LogP contribution < -0.4 is 10.2 Å². The van der Waals surface area contributed by atoms with Crippen molar-refractivity contribution in [3.05, 3.63) is 72.2 Å². The predicted octanol–water partition coefficient (Wildman–Crippen LogP) is 2.90. The van der Waals surface area contributed by atoms with E-state index in [-0.39, 0.29) is 5.91 Å². The summed E-state index contributed by atoms with van der Waals surface area (Å²) < 4.78 is 2.00. The van der Waals surface area contributed by atoms with Gasteiger partial charge in [0.15, 0.2) is 0 Å². The Morgan fingerprint density at radius 2 is 1.78 bits per heavy atom. The lowest BCUT2D eigenvalue weighted by molar-refractivity contribution is -0.122. The van der Waals surface area contributed by atoms with Crippen molar-refractivity contribution < 1.29 is 4.79 Å². The lowest BCUT2D eigenvalue weighted by Gasteiger charge is -2.34. The SMILES string of the molecule is CC(C)Cc1cc(CNC(=O)CN2CCN(c3ccccn3)CC2)nn1-c1ccccc1. The molecule has 0 atom stereocenters. The number of anilines is 1. The zero-order valence-electron chi connectivity index (χ0n) is 18.9. The maximum absolute atomic E-state index is 12.6. The Morgan fingerprint density at radius 3 is 2.47 bits per heavy atom. The first-order valence-electron chi connectivity index (χ1n) is 11.4. The van der Waals surface area contributed by atoms with Crippen molar-refractivity contribution in [2.24, 2.45) is 5.92 Å². The molecule has 0 aliphatic carbocycles. The fourth-order valence-electron chi connectivity index (χ4n) is 4.04. The molecule has 0 radical (unpaired) electrons. The minimum atomic E-state index is 0.0379. The van der Waals surface area contributed by atoms with Gasteiger partial charge in [-0.1, -0.05) is 38.1 Å². The van der Waals surface area contributed by atoms with Gasteiger partial charge in [-0.25, -0.2) is 9.67 Å². The number of hydrogen-bond acceptors (Lipinski definition) is 5. The van der Waals surface area contributed by atoms with Crippen molar-refractivity contribution in [1.82, 2.24) is 25.0 Å². The Bertz CT molecular complexity index is 994. The average Bonchev–Trinajstić information content (AvgIpc) is 3.21. The molecule has 3 heterocycles. The molecule has 1 aromatic carbocycles. The van der Waals surface area contributed by atoms with Crippen LogP contribution in [0.3, 0.4) is 0 Å². The highest BCUT2D eigenvalue weighted by atomic mass is 16.2. The molecule has 4 rings (SSSR count). The summed E-state index contributed by atoms with van der Waals surface area (Å²) in [7, 11) is 0. The van der Waals surface area contributed by atoms with Crippen molar-refractivity contribution in [2.45, 2.75) is 26.8 Å². The van der Waals surface area contributed by atoms with Crippen molar-refractivity contribution in [1.29, 1.82) is 0 Å². The van der Waals surface area contributed by atoms with Gasteiger partial charge in [0.1, 0.15) is 5.82 Å². The molecule has 1 N–H and O–H groups in total. The number of nitrogens with one attached hydrogen (secondary N) is 1. The summed E-state index contributed by atoms with van der Waals surface area (Å²) >= 11 is 0. The van der Waals surface area contributed by atoms with Gasteiger partial charge in [-0.3, -0.25) is 9.69 Å². The molecule has 0 saturated carbocycles. The van der Waals surface area contributed by atoms with Gasteiger partial charge >= 0.3 is 0 Å². The minimum absolute atomic E-state index is 0.0379. The number of pyridine rings is 1. The number of amides is 1. The molecule has 32 heavy (non-hydrogen) atoms. The standard InChI is InChI=1S/C25H32N6O/c1-20(2)16-23-17-21(28-31(23)22-8-4-3-5-9-22)18-27-25(32)19-29-12-14-30(15-13-29)24-10-6-7-11-26-24/h3-11,17,20H,12-16,18-19H2,1-2H3,(H,27,32). The maximum Gasteiger partial charge on any atom is 0.234 e. The van der Waals surface area contributed by atoms with Crippen LogP contribution in [-0.2, 0) is 17.8 Å². The normalized spacial score (nSPS) is 14.7. The quantitative estimate of drug-likeness (QED) is 0.593. The van der Waals surface area contributed by atoms with Crippen molar-refractivity contribution in [2.75, 3.05) is 37.6 Å². The van der Waals surface area contributed by atoms with Gasteiger partial charge in [0, 0.05) is 38.1 Å². The molecule has 0 unspecified atom stereocenters. The van der Waals surface area contributed by atoms with Crippen LogP contribution in [0.4, 0.5) is 5.82 Å². The number of para-hydroxylation sites is 1. The van der Waals surface area contributed by atoms with E-state index in [1.807, 2.05) is 47.3 Å². The number of rotatable bonds is 8. The van der Waals surface area contributed by atoms with Crippen molar-refractivity contribution in [3.8, 4) is 5.69 Å². The highest BCUT2D eigenvalue weighted by molar-refractivity contribution is 5.78. The van der Waals surface area contributed by atoms with E-state index in [4.69, 9.17) is 5.10 Å². The van der Waals surface area contributed by atoms with E-state index in [0.717, 1.165) is 49.8 Å². The van der Waals surface area contributed by atoms with Crippen LogP contribution in [0.2, 0.25) is 0 Å². The topological polar surface area (TPSA) is 66.3 Å². The molecule has 1 aliphatic heterocycles. The third-order valence-electron chi connectivity index (χ3n) is 5.63. The first-order chi connectivity index (χ1) is 15.6. The Labute approximate surface area is 190 Å². The molecule has 1 saturated heterocycles. The fourth-order valence-corrected chi connectivity index (χ4v) is 4.04. The molecule has 1 aliphatic rings. The van der Waals surface area contributed by atoms with Gasteiger partial charge in [0.05, 0.1) is 24.5 Å². The lowest BCUT2D eigenvalue weighted by atomic mass is 10.1. The van der Waals surface area contributed by atoms with E-state index in [0.29, 0.717) is 19.0 Å². The molecule has 2 aromatic heterocycles. The van der Waals surface area contributed by atoms with E-state index in [2.05, 4.69) is 52.1 Å². The highest BCUT2D eigenvalue weighted by Crippen LogP contribution is 2.16. The number of aromatic nitrogens is 3. The van der Waals surface area contributed by atoms with Gasteiger partial charge in [0.25, 0.3) is 0 Å². The summed E-state index contributed by atoms with van der Waals surface area (Å²) in [6.07, 6.45) is 2.76. The van der Waals surface area contributed by atoms with Crippen LogP contribution in [0.15, 0.2) is 60.8 Å². The third kappa shape index (κ3) is 5.73. The number of carbonyl (C=O) groups is 1. The van der Waals surface area contributed by atoms with E-state index in [1.54, 1.807) is 0 Å². The Hall–Kier alpha value is -3.19. The van der Waals surface area contributed by atoms with E-state index in [1.165, 1.54) is 5.69 Å². The summed E-state index contributed by atoms with van der Waals surface area (Å²) in [5.74, 6) is 1.57. The lowest BCUT2D eigenvalue weighted by Crippen LogP contribution is -2.49. The van der Waals surface area contributed by atoms with Crippen LogP contribution in [0.25, 0.3) is 5.69 Å². The fraction of sp³-hybridized carbons (Fsp3) is 0.400. The van der Waals surface area contributed by atoms with Gasteiger partial charge in [-0.05, 0) is 42.7 Å². The molecule has 1 fully saturated rings. The second-order valence-corrected chi connectivity index (χ2v) is 8.70. The molecule has 1 amide bonds. The molecule has 0 spiro atoms. The monoisotopic (exact) mass is 432 g/mol. The van der Waals surface area contributed by atoms with Crippen LogP contribution in [0.1, 0.15) is 25.2 Å². The second kappa shape index (κ2) is 10.4. The van der Waals surface area contributed by atoms with Crippen LogP contribution in [0, 0.1) is 5.92 Å². The first kappa shape index (κ1) is 22.0. The number of nitrogens with zero attached hydrogens (tertiary/aromatic N) is 5. The van der Waals surface area contributed by atoms with Crippen molar-refractivity contribution in [3.63, 3.8) is 0 Å². The van der Waals surface area contributed by atoms with E-state index < -0.39 is 0 Å². The highest BCUT2D eigenvalue weighted by Gasteiger charge is 2.20. The summed E-state index contributed by atoms with van der Waals surface area (Å²) in [6.45, 7) is 8.73. The second-order valence-electron chi connectivity index (χ2n) is 8.70. The molecular formula is C25H32N6O. The first-order valence-corrected chi connectivity index (χ1v) is 11.4. The summed E-state index contributed by atoms with van der Waals surface area (Å²) in [6, 6.07) is 18.2. The van der Waals surface area contributed by atoms with Crippen molar-refractivity contribution >= 4 is 11.7 Å².